The molecule has 2 heterocycles. The molecule has 4 aromatic rings. The van der Waals surface area contributed by atoms with Gasteiger partial charge in [-0.15, -0.1) is 0 Å². The summed E-state index contributed by atoms with van der Waals surface area (Å²) in [5.74, 6) is 0.337. The third-order valence-corrected chi connectivity index (χ3v) is 4.60. The van der Waals surface area contributed by atoms with E-state index in [2.05, 4.69) is 10.3 Å². The second-order valence-electron chi connectivity index (χ2n) is 6.49. The molecule has 4 rings (SSSR count). The Balaban J connectivity index is 1.82. The average molecular weight is 409 g/mol. The molecule has 0 bridgehead atoms. The Labute approximate surface area is 171 Å². The lowest BCUT2D eigenvalue weighted by Crippen LogP contribution is -2.28. The molecule has 0 fully saturated rings. The molecule has 0 saturated carbocycles. The number of phenols is 1. The number of halogens is 1. The van der Waals surface area contributed by atoms with E-state index in [1.165, 1.54) is 12.1 Å². The lowest BCUT2D eigenvalue weighted by Gasteiger charge is -2.07. The van der Waals surface area contributed by atoms with Gasteiger partial charge in [-0.1, -0.05) is 11.6 Å². The van der Waals surface area contributed by atoms with Crippen molar-refractivity contribution in [3.8, 4) is 5.75 Å². The molecule has 1 amide bonds. The van der Waals surface area contributed by atoms with E-state index in [1.807, 2.05) is 6.92 Å². The predicted molar refractivity (Wildman–Crippen MR) is 109 cm³/mol. The van der Waals surface area contributed by atoms with Crippen LogP contribution in [0.5, 0.6) is 5.75 Å². The minimum atomic E-state index is -0.356. The van der Waals surface area contributed by atoms with Crippen molar-refractivity contribution in [1.82, 2.24) is 5.32 Å². The molecule has 6 nitrogen and oxygen atoms in total. The van der Waals surface area contributed by atoms with Crippen molar-refractivity contribution >= 4 is 34.2 Å². The third kappa shape index (κ3) is 4.17. The molecule has 0 aliphatic carbocycles. The number of carbonyl (C=O) groups is 1. The molecule has 0 atom stereocenters. The summed E-state index contributed by atoms with van der Waals surface area (Å²) in [5.41, 5.74) is 2.27. The minimum Gasteiger partial charge on any atom is -0.508 e. The Bertz CT molecular complexity index is 1260. The number of hydrogen-bond donors (Lipinski definition) is 2. The van der Waals surface area contributed by atoms with Crippen molar-refractivity contribution in [3.05, 3.63) is 88.3 Å². The van der Waals surface area contributed by atoms with Gasteiger partial charge in [-0.3, -0.25) is 4.79 Å². The van der Waals surface area contributed by atoms with Crippen LogP contribution in [0.15, 0.2) is 74.7 Å². The monoisotopic (exact) mass is 408 g/mol. The molecule has 2 N–H and O–H groups in total. The third-order valence-electron chi connectivity index (χ3n) is 4.36. The van der Waals surface area contributed by atoms with E-state index in [0.29, 0.717) is 27.4 Å². The van der Waals surface area contributed by atoms with Gasteiger partial charge in [0.05, 0.1) is 18.5 Å². The average Bonchev–Trinajstić information content (AvgIpc) is 3.21. The van der Waals surface area contributed by atoms with E-state index >= 15 is 0 Å². The first-order valence-electron chi connectivity index (χ1n) is 8.88. The standard InChI is InChI=1S/C22H17ClN2O4/c1-13-9-15(23)5-7-19(13)25-22-18(21(27)24-12-17-3-2-8-28-17)10-14-4-6-16(26)11-20(14)29-22/h2-11,26H,12H2,1H3,(H,24,27). The summed E-state index contributed by atoms with van der Waals surface area (Å²) >= 11 is 6.02. The second-order valence-corrected chi connectivity index (χ2v) is 6.93. The van der Waals surface area contributed by atoms with Gasteiger partial charge in [0.15, 0.2) is 0 Å². The second kappa shape index (κ2) is 7.85. The molecule has 29 heavy (non-hydrogen) atoms. The number of hydrogen-bond acceptors (Lipinski definition) is 5. The highest BCUT2D eigenvalue weighted by molar-refractivity contribution is 6.30. The first-order valence-corrected chi connectivity index (χ1v) is 9.26. The molecule has 146 valence electrons. The number of phenolic OH excluding ortho intramolecular Hbond substituents is 1. The molecule has 0 spiro atoms. The molecule has 2 aromatic carbocycles. The number of rotatable bonds is 4. The number of aromatic hydroxyl groups is 1. The Morgan fingerprint density at radius 1 is 1.17 bits per heavy atom. The highest BCUT2D eigenvalue weighted by Crippen LogP contribution is 2.23. The first kappa shape index (κ1) is 18.8. The van der Waals surface area contributed by atoms with Gasteiger partial charge in [-0.05, 0) is 61.0 Å². The van der Waals surface area contributed by atoms with E-state index in [4.69, 9.17) is 20.4 Å². The van der Waals surface area contributed by atoms with E-state index in [0.717, 1.165) is 5.56 Å². The summed E-state index contributed by atoms with van der Waals surface area (Å²) in [6.45, 7) is 2.10. The maximum Gasteiger partial charge on any atom is 0.257 e. The fourth-order valence-electron chi connectivity index (χ4n) is 2.88. The summed E-state index contributed by atoms with van der Waals surface area (Å²) in [5, 5.41) is 13.8. The summed E-state index contributed by atoms with van der Waals surface area (Å²) in [4.78, 5) is 17.4. The fraction of sp³-hybridized carbons (Fsp3) is 0.0909. The highest BCUT2D eigenvalue weighted by Gasteiger charge is 2.14. The van der Waals surface area contributed by atoms with E-state index < -0.39 is 0 Å². The van der Waals surface area contributed by atoms with Gasteiger partial charge in [0.2, 0.25) is 5.55 Å². The number of furan rings is 1. The van der Waals surface area contributed by atoms with E-state index in [1.54, 1.807) is 48.7 Å². The number of fused-ring (bicyclic) bond motifs is 1. The zero-order chi connectivity index (χ0) is 20.4. The molecular weight excluding hydrogens is 392 g/mol. The van der Waals surface area contributed by atoms with Crippen molar-refractivity contribution in [3.63, 3.8) is 0 Å². The Morgan fingerprint density at radius 2 is 2.03 bits per heavy atom. The van der Waals surface area contributed by atoms with Crippen molar-refractivity contribution in [2.24, 2.45) is 4.99 Å². The number of aryl methyl sites for hydroxylation is 1. The van der Waals surface area contributed by atoms with Crippen molar-refractivity contribution in [2.75, 3.05) is 0 Å². The van der Waals surface area contributed by atoms with Gasteiger partial charge >= 0.3 is 0 Å². The van der Waals surface area contributed by atoms with Gasteiger partial charge in [0, 0.05) is 16.5 Å². The van der Waals surface area contributed by atoms with Crippen LogP contribution in [-0.2, 0) is 6.54 Å². The lowest BCUT2D eigenvalue weighted by atomic mass is 10.1. The van der Waals surface area contributed by atoms with Crippen LogP contribution in [0.25, 0.3) is 11.0 Å². The fourth-order valence-corrected chi connectivity index (χ4v) is 3.11. The first-order chi connectivity index (χ1) is 14.0. The zero-order valence-corrected chi connectivity index (χ0v) is 16.2. The number of nitrogens with one attached hydrogen (secondary N) is 1. The van der Waals surface area contributed by atoms with Crippen LogP contribution in [0.4, 0.5) is 5.69 Å². The molecule has 0 unspecified atom stereocenters. The quantitative estimate of drug-likeness (QED) is 0.505. The van der Waals surface area contributed by atoms with Gasteiger partial charge in [0.25, 0.3) is 5.91 Å². The van der Waals surface area contributed by atoms with Crippen LogP contribution in [0.1, 0.15) is 21.7 Å². The normalized spacial score (nSPS) is 11.7. The van der Waals surface area contributed by atoms with Crippen LogP contribution >= 0.6 is 11.6 Å². The molecule has 2 aromatic heterocycles. The number of carbonyl (C=O) groups excluding carboxylic acids is 1. The lowest BCUT2D eigenvalue weighted by molar-refractivity contribution is 0.0944. The number of amides is 1. The van der Waals surface area contributed by atoms with Crippen LogP contribution in [0.3, 0.4) is 0 Å². The summed E-state index contributed by atoms with van der Waals surface area (Å²) in [6, 6.07) is 15.1. The number of nitrogens with zero attached hydrogens (tertiary/aromatic N) is 1. The van der Waals surface area contributed by atoms with E-state index in [9.17, 15) is 9.90 Å². The van der Waals surface area contributed by atoms with E-state index in [-0.39, 0.29) is 29.3 Å². The molecule has 0 aliphatic heterocycles. The van der Waals surface area contributed by atoms with Gasteiger partial charge in [-0.2, -0.15) is 0 Å². The summed E-state index contributed by atoms with van der Waals surface area (Å²) in [7, 11) is 0. The summed E-state index contributed by atoms with van der Waals surface area (Å²) < 4.78 is 11.1. The Morgan fingerprint density at radius 3 is 2.79 bits per heavy atom. The van der Waals surface area contributed by atoms with Gasteiger partial charge in [-0.25, -0.2) is 4.99 Å². The molecule has 0 aliphatic rings. The Kier molecular flexibility index (Phi) is 5.10. The predicted octanol–water partition coefficient (Wildman–Crippen LogP) is 4.86. The highest BCUT2D eigenvalue weighted by atomic mass is 35.5. The van der Waals surface area contributed by atoms with Gasteiger partial charge < -0.3 is 19.3 Å². The molecule has 0 radical (unpaired) electrons. The molecule has 0 saturated heterocycles. The maximum atomic E-state index is 12.9. The SMILES string of the molecule is Cc1cc(Cl)ccc1N=c1oc2cc(O)ccc2cc1C(=O)NCc1ccco1. The van der Waals surface area contributed by atoms with Crippen molar-refractivity contribution < 1.29 is 18.7 Å². The zero-order valence-electron chi connectivity index (χ0n) is 15.5. The maximum absolute atomic E-state index is 12.9. The smallest absolute Gasteiger partial charge is 0.257 e. The van der Waals surface area contributed by atoms with Crippen LogP contribution < -0.4 is 10.9 Å². The van der Waals surface area contributed by atoms with Crippen LogP contribution in [0.2, 0.25) is 5.02 Å². The van der Waals surface area contributed by atoms with Crippen molar-refractivity contribution in [1.29, 1.82) is 0 Å². The van der Waals surface area contributed by atoms with Crippen molar-refractivity contribution in [2.45, 2.75) is 13.5 Å². The number of benzene rings is 2. The van der Waals surface area contributed by atoms with Crippen LogP contribution in [0, 0.1) is 6.92 Å². The largest absolute Gasteiger partial charge is 0.508 e. The topological polar surface area (TPSA) is 88.0 Å². The van der Waals surface area contributed by atoms with Gasteiger partial charge in [0.1, 0.15) is 22.7 Å². The molecular formula is C22H17ClN2O4. The Hall–Kier alpha value is -3.51. The summed E-state index contributed by atoms with van der Waals surface area (Å²) in [6.07, 6.45) is 1.55. The van der Waals surface area contributed by atoms with Crippen LogP contribution in [-0.4, -0.2) is 11.0 Å². The molecule has 7 heteroatoms. The minimum absolute atomic E-state index is 0.0601.